The number of hydrogen-bond acceptors (Lipinski definition) is 5. The van der Waals surface area contributed by atoms with E-state index in [1.165, 1.54) is 11.3 Å². The van der Waals surface area contributed by atoms with Crippen molar-refractivity contribution in [2.75, 3.05) is 11.9 Å². The number of carbonyl (C=O) groups excluding carboxylic acids is 3. The zero-order valence-corrected chi connectivity index (χ0v) is 14.0. The molecule has 0 saturated heterocycles. The Morgan fingerprint density at radius 3 is 2.52 bits per heavy atom. The number of rotatable bonds is 3. The topological polar surface area (TPSA) is 90.3 Å². The van der Waals surface area contributed by atoms with Crippen molar-refractivity contribution in [1.82, 2.24) is 4.90 Å². The van der Waals surface area contributed by atoms with Gasteiger partial charge in [-0.2, -0.15) is 5.26 Å². The average Bonchev–Trinajstić information content (AvgIpc) is 3.24. The maximum absolute atomic E-state index is 12.3. The number of nitrogens with zero attached hydrogens (tertiary/aromatic N) is 2. The van der Waals surface area contributed by atoms with E-state index in [2.05, 4.69) is 11.4 Å². The molecule has 0 unspecified atom stereocenters. The van der Waals surface area contributed by atoms with Crippen LogP contribution in [0.15, 0.2) is 24.3 Å². The Labute approximate surface area is 147 Å². The number of carbonyl (C=O) groups is 3. The Balaban J connectivity index is 1.52. The van der Waals surface area contributed by atoms with Crippen molar-refractivity contribution in [1.29, 1.82) is 5.26 Å². The number of hydrogen-bond donors (Lipinski definition) is 1. The maximum Gasteiger partial charge on any atom is 0.262 e. The first-order chi connectivity index (χ1) is 12.1. The Morgan fingerprint density at radius 1 is 1.20 bits per heavy atom. The summed E-state index contributed by atoms with van der Waals surface area (Å²) >= 11 is 1.41. The van der Waals surface area contributed by atoms with Crippen LogP contribution in [0.3, 0.4) is 0 Å². The van der Waals surface area contributed by atoms with Gasteiger partial charge in [0.25, 0.3) is 11.8 Å². The highest BCUT2D eigenvalue weighted by Crippen LogP contribution is 2.38. The molecule has 7 heteroatoms. The van der Waals surface area contributed by atoms with Gasteiger partial charge in [0.2, 0.25) is 5.91 Å². The van der Waals surface area contributed by atoms with Crippen LogP contribution < -0.4 is 5.32 Å². The Bertz CT molecular complexity index is 935. The zero-order valence-electron chi connectivity index (χ0n) is 13.2. The minimum Gasteiger partial charge on any atom is -0.315 e. The van der Waals surface area contributed by atoms with Gasteiger partial charge in [0, 0.05) is 4.88 Å². The molecule has 1 aliphatic carbocycles. The Morgan fingerprint density at radius 2 is 1.88 bits per heavy atom. The molecule has 0 spiro atoms. The third kappa shape index (κ3) is 2.42. The fraction of sp³-hybridized carbons (Fsp3) is 0.222. The summed E-state index contributed by atoms with van der Waals surface area (Å²) in [7, 11) is 0. The van der Waals surface area contributed by atoms with Gasteiger partial charge in [-0.25, -0.2) is 0 Å². The number of anilines is 1. The third-order valence-electron chi connectivity index (χ3n) is 4.47. The highest BCUT2D eigenvalue weighted by atomic mass is 32.1. The van der Waals surface area contributed by atoms with Gasteiger partial charge in [0.05, 0.1) is 16.7 Å². The normalized spacial score (nSPS) is 15.1. The molecule has 2 aromatic rings. The van der Waals surface area contributed by atoms with Gasteiger partial charge in [0.1, 0.15) is 17.6 Å². The van der Waals surface area contributed by atoms with Crippen LogP contribution in [0.5, 0.6) is 0 Å². The lowest BCUT2D eigenvalue weighted by molar-refractivity contribution is -0.116. The van der Waals surface area contributed by atoms with Crippen LogP contribution in [-0.2, 0) is 17.6 Å². The van der Waals surface area contributed by atoms with E-state index in [1.54, 1.807) is 24.3 Å². The number of imide groups is 1. The molecule has 2 heterocycles. The second kappa shape index (κ2) is 5.83. The van der Waals surface area contributed by atoms with Gasteiger partial charge in [0.15, 0.2) is 0 Å². The van der Waals surface area contributed by atoms with Crippen LogP contribution in [0.25, 0.3) is 0 Å². The molecule has 1 aromatic carbocycles. The van der Waals surface area contributed by atoms with Crippen molar-refractivity contribution in [3.63, 3.8) is 0 Å². The van der Waals surface area contributed by atoms with Crippen molar-refractivity contribution in [3.8, 4) is 6.07 Å². The predicted molar refractivity (Wildman–Crippen MR) is 91.5 cm³/mol. The lowest BCUT2D eigenvalue weighted by Crippen LogP contribution is -2.37. The molecule has 1 aromatic heterocycles. The van der Waals surface area contributed by atoms with Gasteiger partial charge >= 0.3 is 0 Å². The van der Waals surface area contributed by atoms with Crippen LogP contribution >= 0.6 is 11.3 Å². The van der Waals surface area contributed by atoms with E-state index in [9.17, 15) is 19.6 Å². The summed E-state index contributed by atoms with van der Waals surface area (Å²) in [6.45, 7) is -0.361. The summed E-state index contributed by atoms with van der Waals surface area (Å²) in [5.41, 5.74) is 2.15. The highest BCUT2D eigenvalue weighted by molar-refractivity contribution is 7.16. The van der Waals surface area contributed by atoms with Gasteiger partial charge in [-0.3, -0.25) is 19.3 Å². The molecule has 124 valence electrons. The number of fused-ring (bicyclic) bond motifs is 2. The molecule has 0 saturated carbocycles. The van der Waals surface area contributed by atoms with E-state index in [-0.39, 0.29) is 6.54 Å². The summed E-state index contributed by atoms with van der Waals surface area (Å²) in [6, 6.07) is 8.66. The summed E-state index contributed by atoms with van der Waals surface area (Å²) in [5.74, 6) is -1.42. The van der Waals surface area contributed by atoms with E-state index in [1.807, 2.05) is 0 Å². The molecule has 2 aliphatic rings. The first kappa shape index (κ1) is 15.5. The second-order valence-electron chi connectivity index (χ2n) is 5.96. The van der Waals surface area contributed by atoms with Crippen molar-refractivity contribution in [3.05, 3.63) is 51.4 Å². The summed E-state index contributed by atoms with van der Waals surface area (Å²) in [5, 5.41) is 12.6. The molecule has 0 bridgehead atoms. The van der Waals surface area contributed by atoms with Crippen LogP contribution in [0.1, 0.15) is 43.1 Å². The third-order valence-corrected chi connectivity index (χ3v) is 5.67. The summed E-state index contributed by atoms with van der Waals surface area (Å²) in [6.07, 6.45) is 2.80. The maximum atomic E-state index is 12.3. The molecule has 1 N–H and O–H groups in total. The van der Waals surface area contributed by atoms with Crippen LogP contribution in [0, 0.1) is 11.3 Å². The van der Waals surface area contributed by atoms with Gasteiger partial charge in [-0.05, 0) is 37.0 Å². The summed E-state index contributed by atoms with van der Waals surface area (Å²) in [4.78, 5) is 39.0. The van der Waals surface area contributed by atoms with Crippen molar-refractivity contribution < 1.29 is 14.4 Å². The molecule has 6 nitrogen and oxygen atoms in total. The van der Waals surface area contributed by atoms with E-state index in [0.29, 0.717) is 21.7 Å². The molecule has 0 fully saturated rings. The first-order valence-electron chi connectivity index (χ1n) is 7.90. The monoisotopic (exact) mass is 351 g/mol. The Kier molecular flexibility index (Phi) is 3.62. The molecular formula is C18H13N3O3S. The molecule has 0 atom stereocenters. The predicted octanol–water partition coefficient (Wildman–Crippen LogP) is 2.34. The number of benzene rings is 1. The van der Waals surface area contributed by atoms with Crippen molar-refractivity contribution >= 4 is 34.1 Å². The first-order valence-corrected chi connectivity index (χ1v) is 8.71. The number of thiophene rings is 1. The van der Waals surface area contributed by atoms with Crippen LogP contribution in [0.2, 0.25) is 0 Å². The second-order valence-corrected chi connectivity index (χ2v) is 7.07. The van der Waals surface area contributed by atoms with Gasteiger partial charge in [-0.15, -0.1) is 11.3 Å². The highest BCUT2D eigenvalue weighted by Gasteiger charge is 2.36. The standard InChI is InChI=1S/C18H13N3O3S/c19-8-13-10-6-3-7-14(10)25-16(13)20-15(22)9-21-17(23)11-4-1-2-5-12(11)18(21)24/h1-2,4-5H,3,6-7,9H2,(H,20,22). The van der Waals surface area contributed by atoms with Crippen molar-refractivity contribution in [2.24, 2.45) is 0 Å². The number of amides is 3. The van der Waals surface area contributed by atoms with Crippen LogP contribution in [0.4, 0.5) is 5.00 Å². The zero-order chi connectivity index (χ0) is 17.6. The van der Waals surface area contributed by atoms with E-state index in [0.717, 1.165) is 34.6 Å². The smallest absolute Gasteiger partial charge is 0.262 e. The van der Waals surface area contributed by atoms with E-state index >= 15 is 0 Å². The fourth-order valence-electron chi connectivity index (χ4n) is 3.30. The molecular weight excluding hydrogens is 338 g/mol. The molecule has 1 aliphatic heterocycles. The van der Waals surface area contributed by atoms with E-state index in [4.69, 9.17) is 0 Å². The lowest BCUT2D eigenvalue weighted by Gasteiger charge is -2.13. The van der Waals surface area contributed by atoms with E-state index < -0.39 is 17.7 Å². The minimum absolute atomic E-state index is 0.313. The van der Waals surface area contributed by atoms with Crippen LogP contribution in [-0.4, -0.2) is 29.2 Å². The minimum atomic E-state index is -0.481. The van der Waals surface area contributed by atoms with Gasteiger partial charge in [-0.1, -0.05) is 12.1 Å². The SMILES string of the molecule is N#Cc1c(NC(=O)CN2C(=O)c3ccccc3C2=O)sc2c1CCC2. The lowest BCUT2D eigenvalue weighted by atomic mass is 10.1. The quantitative estimate of drug-likeness (QED) is 0.860. The number of nitriles is 1. The molecule has 0 radical (unpaired) electrons. The largest absolute Gasteiger partial charge is 0.315 e. The van der Waals surface area contributed by atoms with Gasteiger partial charge < -0.3 is 5.32 Å². The molecule has 3 amide bonds. The summed E-state index contributed by atoms with van der Waals surface area (Å²) < 4.78 is 0. The Hall–Kier alpha value is -2.98. The number of nitrogens with one attached hydrogen (secondary N) is 1. The molecule has 4 rings (SSSR count). The average molecular weight is 351 g/mol. The fourth-order valence-corrected chi connectivity index (χ4v) is 4.56. The number of aryl methyl sites for hydroxylation is 1. The molecule has 25 heavy (non-hydrogen) atoms. The van der Waals surface area contributed by atoms with Crippen molar-refractivity contribution in [2.45, 2.75) is 19.3 Å².